The van der Waals surface area contributed by atoms with Crippen molar-refractivity contribution in [3.63, 3.8) is 0 Å². The Morgan fingerprint density at radius 2 is 2.31 bits per heavy atom. The number of rotatable bonds is 4. The van der Waals surface area contributed by atoms with Crippen LogP contribution in [0.15, 0.2) is 18.2 Å². The highest BCUT2D eigenvalue weighted by atomic mass is 19.1. The van der Waals surface area contributed by atoms with Crippen LogP contribution in [0.3, 0.4) is 0 Å². The van der Waals surface area contributed by atoms with Crippen molar-refractivity contribution in [3.05, 3.63) is 29.6 Å². The van der Waals surface area contributed by atoms with Gasteiger partial charge in [-0.15, -0.1) is 0 Å². The second-order valence-corrected chi connectivity index (χ2v) is 3.27. The van der Waals surface area contributed by atoms with Gasteiger partial charge in [0, 0.05) is 0 Å². The highest BCUT2D eigenvalue weighted by Crippen LogP contribution is 2.14. The van der Waals surface area contributed by atoms with Crippen molar-refractivity contribution >= 4 is 11.6 Å². The minimum absolute atomic E-state index is 0.0448. The summed E-state index contributed by atoms with van der Waals surface area (Å²) in [6.45, 7) is 1.74. The Hall–Kier alpha value is -2.09. The smallest absolute Gasteiger partial charge is 0.240 e. The molecule has 1 amide bonds. The maximum atomic E-state index is 13.2. The Labute approximate surface area is 93.1 Å². The molecule has 0 aliphatic carbocycles. The minimum Gasteiger partial charge on any atom is -0.374 e. The molecule has 0 saturated heterocycles. The summed E-state index contributed by atoms with van der Waals surface area (Å²) in [5.74, 6) is -0.749. The number of hydrogen-bond acceptors (Lipinski definition) is 3. The maximum Gasteiger partial charge on any atom is 0.240 e. The largest absolute Gasteiger partial charge is 0.374 e. The lowest BCUT2D eigenvalue weighted by Crippen LogP contribution is -2.30. The van der Waals surface area contributed by atoms with E-state index in [4.69, 9.17) is 5.26 Å². The Morgan fingerprint density at radius 1 is 1.56 bits per heavy atom. The molecule has 16 heavy (non-hydrogen) atoms. The fourth-order valence-corrected chi connectivity index (χ4v) is 1.15. The summed E-state index contributed by atoms with van der Waals surface area (Å²) in [5.41, 5.74) is 1.19. The van der Waals surface area contributed by atoms with E-state index in [1.807, 2.05) is 6.92 Å². The van der Waals surface area contributed by atoms with Crippen LogP contribution in [0.1, 0.15) is 5.56 Å². The quantitative estimate of drug-likeness (QED) is 0.750. The van der Waals surface area contributed by atoms with Gasteiger partial charge in [-0.05, 0) is 24.6 Å². The summed E-state index contributed by atoms with van der Waals surface area (Å²) >= 11 is 0. The van der Waals surface area contributed by atoms with Crippen molar-refractivity contribution < 1.29 is 9.18 Å². The second-order valence-electron chi connectivity index (χ2n) is 3.27. The van der Waals surface area contributed by atoms with Gasteiger partial charge in [-0.1, -0.05) is 6.07 Å². The first-order chi connectivity index (χ1) is 7.63. The fourth-order valence-electron chi connectivity index (χ4n) is 1.15. The van der Waals surface area contributed by atoms with E-state index in [2.05, 4.69) is 10.6 Å². The summed E-state index contributed by atoms with van der Waals surface area (Å²) in [5, 5.41) is 13.3. The summed E-state index contributed by atoms with van der Waals surface area (Å²) in [6.07, 6.45) is 0. The Morgan fingerprint density at radius 3 is 3.00 bits per heavy atom. The molecule has 0 heterocycles. The number of hydrogen-bond donors (Lipinski definition) is 2. The molecule has 0 spiro atoms. The van der Waals surface area contributed by atoms with Crippen LogP contribution in [0, 0.1) is 24.1 Å². The Kier molecular flexibility index (Phi) is 4.28. The monoisotopic (exact) mass is 221 g/mol. The molecule has 1 aromatic carbocycles. The Bertz CT molecular complexity index is 426. The van der Waals surface area contributed by atoms with Crippen molar-refractivity contribution in [3.8, 4) is 6.07 Å². The van der Waals surface area contributed by atoms with Gasteiger partial charge in [0.2, 0.25) is 5.91 Å². The molecular weight excluding hydrogens is 209 g/mol. The van der Waals surface area contributed by atoms with Crippen LogP contribution in [0.2, 0.25) is 0 Å². The highest BCUT2D eigenvalue weighted by Gasteiger charge is 2.04. The third-order valence-corrected chi connectivity index (χ3v) is 1.93. The topological polar surface area (TPSA) is 64.9 Å². The van der Waals surface area contributed by atoms with Crippen LogP contribution < -0.4 is 10.6 Å². The third-order valence-electron chi connectivity index (χ3n) is 1.93. The number of nitrogens with zero attached hydrogens (tertiary/aromatic N) is 1. The van der Waals surface area contributed by atoms with E-state index in [0.29, 0.717) is 0 Å². The summed E-state index contributed by atoms with van der Waals surface area (Å²) in [7, 11) is 0. The van der Waals surface area contributed by atoms with Crippen molar-refractivity contribution in [2.24, 2.45) is 0 Å². The van der Waals surface area contributed by atoms with E-state index in [1.165, 1.54) is 6.07 Å². The van der Waals surface area contributed by atoms with Crippen molar-refractivity contribution in [1.29, 1.82) is 5.26 Å². The van der Waals surface area contributed by atoms with Crippen LogP contribution in [0.5, 0.6) is 0 Å². The lowest BCUT2D eigenvalue weighted by atomic mass is 10.2. The first-order valence-electron chi connectivity index (χ1n) is 4.77. The Balaban J connectivity index is 2.51. The zero-order valence-electron chi connectivity index (χ0n) is 8.88. The molecule has 0 aliphatic heterocycles. The minimum atomic E-state index is -0.404. The first kappa shape index (κ1) is 12.0. The number of halogens is 1. The molecule has 0 fully saturated rings. The number of carbonyl (C=O) groups excluding carboxylic acids is 1. The van der Waals surface area contributed by atoms with Gasteiger partial charge >= 0.3 is 0 Å². The maximum absolute atomic E-state index is 13.2. The standard InChI is InChI=1S/C11H12FN3O/c1-8-2-3-9(12)10(6-8)15-7-11(16)14-5-4-13/h2-3,6,15H,5,7H2,1H3,(H,14,16). The fraction of sp³-hybridized carbons (Fsp3) is 0.273. The number of anilines is 1. The van der Waals surface area contributed by atoms with Crippen molar-refractivity contribution in [2.45, 2.75) is 6.92 Å². The normalized spacial score (nSPS) is 9.31. The molecule has 1 rings (SSSR count). The summed E-state index contributed by atoms with van der Waals surface area (Å²) in [6, 6.07) is 6.39. The lowest BCUT2D eigenvalue weighted by Gasteiger charge is -2.07. The van der Waals surface area contributed by atoms with E-state index in [0.717, 1.165) is 5.56 Å². The number of nitriles is 1. The lowest BCUT2D eigenvalue weighted by molar-refractivity contribution is -0.119. The van der Waals surface area contributed by atoms with Crippen LogP contribution in [0.25, 0.3) is 0 Å². The average molecular weight is 221 g/mol. The van der Waals surface area contributed by atoms with Gasteiger partial charge in [-0.2, -0.15) is 5.26 Å². The van der Waals surface area contributed by atoms with E-state index >= 15 is 0 Å². The molecular formula is C11H12FN3O. The van der Waals surface area contributed by atoms with E-state index in [-0.39, 0.29) is 24.7 Å². The van der Waals surface area contributed by atoms with Gasteiger partial charge in [0.15, 0.2) is 0 Å². The molecule has 4 nitrogen and oxygen atoms in total. The molecule has 2 N–H and O–H groups in total. The number of carbonyl (C=O) groups is 1. The molecule has 5 heteroatoms. The predicted molar refractivity (Wildman–Crippen MR) is 58.2 cm³/mol. The van der Waals surface area contributed by atoms with Gasteiger partial charge in [-0.25, -0.2) is 4.39 Å². The third kappa shape index (κ3) is 3.58. The molecule has 0 saturated carbocycles. The molecule has 0 unspecified atom stereocenters. The van der Waals surface area contributed by atoms with Crippen LogP contribution in [-0.4, -0.2) is 19.0 Å². The zero-order chi connectivity index (χ0) is 12.0. The predicted octanol–water partition coefficient (Wildman–Crippen LogP) is 1.19. The average Bonchev–Trinajstić information content (AvgIpc) is 2.27. The first-order valence-corrected chi connectivity index (χ1v) is 4.77. The van der Waals surface area contributed by atoms with E-state index < -0.39 is 5.82 Å². The van der Waals surface area contributed by atoms with Crippen LogP contribution >= 0.6 is 0 Å². The van der Waals surface area contributed by atoms with Crippen LogP contribution in [-0.2, 0) is 4.79 Å². The number of benzene rings is 1. The summed E-state index contributed by atoms with van der Waals surface area (Å²) < 4.78 is 13.2. The molecule has 0 aliphatic rings. The van der Waals surface area contributed by atoms with Gasteiger partial charge in [0.05, 0.1) is 18.3 Å². The molecule has 0 bridgehead atoms. The van der Waals surface area contributed by atoms with Gasteiger partial charge < -0.3 is 10.6 Å². The van der Waals surface area contributed by atoms with Crippen LogP contribution in [0.4, 0.5) is 10.1 Å². The number of nitrogens with one attached hydrogen (secondary N) is 2. The van der Waals surface area contributed by atoms with E-state index in [1.54, 1.807) is 18.2 Å². The van der Waals surface area contributed by atoms with Gasteiger partial charge in [0.1, 0.15) is 12.4 Å². The van der Waals surface area contributed by atoms with Gasteiger partial charge in [0.25, 0.3) is 0 Å². The zero-order valence-corrected chi connectivity index (χ0v) is 8.88. The molecule has 0 aromatic heterocycles. The highest BCUT2D eigenvalue weighted by molar-refractivity contribution is 5.80. The number of aryl methyl sites for hydroxylation is 1. The summed E-state index contributed by atoms with van der Waals surface area (Å²) in [4.78, 5) is 11.1. The van der Waals surface area contributed by atoms with Crippen molar-refractivity contribution in [1.82, 2.24) is 5.32 Å². The molecule has 1 aromatic rings. The number of amides is 1. The molecule has 0 atom stereocenters. The second kappa shape index (κ2) is 5.71. The van der Waals surface area contributed by atoms with Crippen molar-refractivity contribution in [2.75, 3.05) is 18.4 Å². The molecule has 0 radical (unpaired) electrons. The van der Waals surface area contributed by atoms with Gasteiger partial charge in [-0.3, -0.25) is 4.79 Å². The SMILES string of the molecule is Cc1ccc(F)c(NCC(=O)NCC#N)c1. The van der Waals surface area contributed by atoms with E-state index in [9.17, 15) is 9.18 Å². The molecule has 84 valence electrons.